The van der Waals surface area contributed by atoms with Crippen LogP contribution < -0.4 is 5.32 Å². The number of carbonyl (C=O) groups excluding carboxylic acids is 1. The first kappa shape index (κ1) is 6.55. The third-order valence-electron chi connectivity index (χ3n) is 1.42. The second-order valence-corrected chi connectivity index (χ2v) is 2.55. The van der Waals surface area contributed by atoms with E-state index in [2.05, 4.69) is 5.32 Å². The predicted molar refractivity (Wildman–Crippen MR) is 32.8 cm³/mol. The van der Waals surface area contributed by atoms with Crippen molar-refractivity contribution in [2.75, 3.05) is 0 Å². The normalized spacial score (nSPS) is 28.7. The van der Waals surface area contributed by atoms with Crippen LogP contribution in [0.2, 0.25) is 0 Å². The minimum atomic E-state index is -0.296. The highest BCUT2D eigenvalue weighted by atomic mass is 16.3. The number of amides is 1. The Morgan fingerprint density at radius 3 is 2.89 bits per heavy atom. The van der Waals surface area contributed by atoms with Gasteiger partial charge in [-0.05, 0) is 13.3 Å². The van der Waals surface area contributed by atoms with Crippen LogP contribution in [0, 0.1) is 0 Å². The molecule has 2 N–H and O–H groups in total. The van der Waals surface area contributed by atoms with E-state index in [0.29, 0.717) is 12.8 Å². The average Bonchev–Trinajstić information content (AvgIpc) is 1.60. The van der Waals surface area contributed by atoms with Gasteiger partial charge in [0, 0.05) is 12.5 Å². The van der Waals surface area contributed by atoms with Crippen LogP contribution in [-0.4, -0.2) is 23.2 Å². The summed E-state index contributed by atoms with van der Waals surface area (Å²) >= 11 is 0. The molecule has 1 rings (SSSR count). The second kappa shape index (κ2) is 2.35. The highest BCUT2D eigenvalue weighted by molar-refractivity contribution is 5.82. The third-order valence-corrected chi connectivity index (χ3v) is 1.42. The number of hydrogen-bond donors (Lipinski definition) is 2. The largest absolute Gasteiger partial charge is 0.393 e. The van der Waals surface area contributed by atoms with Crippen LogP contribution >= 0.6 is 0 Å². The molecular weight excluding hydrogens is 118 g/mol. The lowest BCUT2D eigenvalue weighted by Gasteiger charge is -2.27. The monoisotopic (exact) mass is 129 g/mol. The number of hydrogen-bond acceptors (Lipinski definition) is 2. The molecule has 0 aromatic heterocycles. The van der Waals surface area contributed by atoms with Crippen LogP contribution in [0.15, 0.2) is 0 Å². The summed E-state index contributed by atoms with van der Waals surface area (Å²) in [6, 6.07) is 0.234. The molecule has 2 unspecified atom stereocenters. The predicted octanol–water partition coefficient (Wildman–Crippen LogP) is -0.354. The Morgan fingerprint density at radius 1 is 2.00 bits per heavy atom. The molecule has 0 spiro atoms. The molecule has 0 aliphatic carbocycles. The van der Waals surface area contributed by atoms with Gasteiger partial charge >= 0.3 is 0 Å². The van der Waals surface area contributed by atoms with Crippen molar-refractivity contribution in [2.24, 2.45) is 0 Å². The molecule has 0 aromatic rings. The molecule has 3 heteroatoms. The number of rotatable bonds is 2. The zero-order chi connectivity index (χ0) is 6.85. The Morgan fingerprint density at radius 2 is 2.56 bits per heavy atom. The van der Waals surface area contributed by atoms with E-state index in [1.165, 1.54) is 0 Å². The van der Waals surface area contributed by atoms with Gasteiger partial charge in [-0.25, -0.2) is 0 Å². The molecule has 3 nitrogen and oxygen atoms in total. The fourth-order valence-electron chi connectivity index (χ4n) is 0.984. The fraction of sp³-hybridized carbons (Fsp3) is 0.833. The molecule has 9 heavy (non-hydrogen) atoms. The minimum Gasteiger partial charge on any atom is -0.393 e. The van der Waals surface area contributed by atoms with E-state index in [1.807, 2.05) is 0 Å². The topological polar surface area (TPSA) is 49.3 Å². The Hall–Kier alpha value is -0.570. The molecule has 52 valence electrons. The summed E-state index contributed by atoms with van der Waals surface area (Å²) in [6.07, 6.45) is 0.979. The number of β-lactam (4-membered cyclic amide) rings is 1. The Labute approximate surface area is 54.1 Å². The van der Waals surface area contributed by atoms with Gasteiger partial charge in [0.1, 0.15) is 0 Å². The summed E-state index contributed by atoms with van der Waals surface area (Å²) in [5.41, 5.74) is 0. The van der Waals surface area contributed by atoms with Gasteiger partial charge in [-0.1, -0.05) is 0 Å². The molecule has 0 bridgehead atoms. The molecule has 1 heterocycles. The quantitative estimate of drug-likeness (QED) is 0.500. The van der Waals surface area contributed by atoms with Crippen molar-refractivity contribution in [2.45, 2.75) is 31.9 Å². The van der Waals surface area contributed by atoms with Gasteiger partial charge in [0.15, 0.2) is 0 Å². The maximum atomic E-state index is 10.3. The highest BCUT2D eigenvalue weighted by Crippen LogP contribution is 2.09. The first-order chi connectivity index (χ1) is 4.18. The summed E-state index contributed by atoms with van der Waals surface area (Å²) < 4.78 is 0. The van der Waals surface area contributed by atoms with Crippen LogP contribution in [0.5, 0.6) is 0 Å². The van der Waals surface area contributed by atoms with Crippen molar-refractivity contribution in [3.63, 3.8) is 0 Å². The summed E-state index contributed by atoms with van der Waals surface area (Å²) in [6.45, 7) is 1.73. The van der Waals surface area contributed by atoms with Gasteiger partial charge < -0.3 is 10.4 Å². The maximum absolute atomic E-state index is 10.3. The van der Waals surface area contributed by atoms with E-state index >= 15 is 0 Å². The number of aliphatic hydroxyl groups excluding tert-OH is 1. The van der Waals surface area contributed by atoms with E-state index < -0.39 is 0 Å². The average molecular weight is 129 g/mol. The SMILES string of the molecule is CC(O)CC1CC(=O)N1. The second-order valence-electron chi connectivity index (χ2n) is 2.55. The fourth-order valence-corrected chi connectivity index (χ4v) is 0.984. The first-order valence-corrected chi connectivity index (χ1v) is 3.16. The van der Waals surface area contributed by atoms with Crippen LogP contribution in [0.4, 0.5) is 0 Å². The van der Waals surface area contributed by atoms with Crippen molar-refractivity contribution >= 4 is 5.91 Å². The molecule has 1 amide bonds. The molecule has 0 saturated carbocycles. The van der Waals surface area contributed by atoms with Crippen LogP contribution in [-0.2, 0) is 4.79 Å². The summed E-state index contributed by atoms with van der Waals surface area (Å²) in [4.78, 5) is 10.3. The van der Waals surface area contributed by atoms with E-state index in [4.69, 9.17) is 5.11 Å². The summed E-state index contributed by atoms with van der Waals surface area (Å²) in [7, 11) is 0. The Bertz CT molecular complexity index is 114. The zero-order valence-electron chi connectivity index (χ0n) is 5.42. The lowest BCUT2D eigenvalue weighted by molar-refractivity contribution is -0.128. The van der Waals surface area contributed by atoms with Crippen molar-refractivity contribution in [3.8, 4) is 0 Å². The van der Waals surface area contributed by atoms with Crippen LogP contribution in [0.1, 0.15) is 19.8 Å². The zero-order valence-corrected chi connectivity index (χ0v) is 5.42. The summed E-state index contributed by atoms with van der Waals surface area (Å²) in [5, 5.41) is 11.5. The molecule has 2 atom stereocenters. The summed E-state index contributed by atoms with van der Waals surface area (Å²) in [5.74, 6) is 0.0978. The Balaban J connectivity index is 2.11. The Kier molecular flexibility index (Phi) is 1.71. The van der Waals surface area contributed by atoms with E-state index in [9.17, 15) is 4.79 Å². The van der Waals surface area contributed by atoms with Crippen molar-refractivity contribution in [1.29, 1.82) is 0 Å². The lowest BCUT2D eigenvalue weighted by atomic mass is 10.0. The van der Waals surface area contributed by atoms with Crippen LogP contribution in [0.3, 0.4) is 0 Å². The molecular formula is C6H11NO2. The van der Waals surface area contributed by atoms with Gasteiger partial charge in [-0.15, -0.1) is 0 Å². The maximum Gasteiger partial charge on any atom is 0.222 e. The number of nitrogens with one attached hydrogen (secondary N) is 1. The molecule has 0 radical (unpaired) electrons. The number of carbonyl (C=O) groups is 1. The van der Waals surface area contributed by atoms with Crippen LogP contribution in [0.25, 0.3) is 0 Å². The molecule has 1 fully saturated rings. The molecule has 1 aliphatic heterocycles. The van der Waals surface area contributed by atoms with Gasteiger partial charge in [-0.3, -0.25) is 4.79 Å². The highest BCUT2D eigenvalue weighted by Gasteiger charge is 2.25. The third kappa shape index (κ3) is 1.68. The van der Waals surface area contributed by atoms with E-state index in [1.54, 1.807) is 6.92 Å². The lowest BCUT2D eigenvalue weighted by Crippen LogP contribution is -2.49. The van der Waals surface area contributed by atoms with Gasteiger partial charge in [-0.2, -0.15) is 0 Å². The van der Waals surface area contributed by atoms with Gasteiger partial charge in [0.2, 0.25) is 5.91 Å². The van der Waals surface area contributed by atoms with E-state index in [0.717, 1.165) is 0 Å². The van der Waals surface area contributed by atoms with Gasteiger partial charge in [0.25, 0.3) is 0 Å². The van der Waals surface area contributed by atoms with Crippen molar-refractivity contribution in [3.05, 3.63) is 0 Å². The minimum absolute atomic E-state index is 0.0978. The first-order valence-electron chi connectivity index (χ1n) is 3.16. The number of aliphatic hydroxyl groups is 1. The standard InChI is InChI=1S/C6H11NO2/c1-4(8)2-5-3-6(9)7-5/h4-5,8H,2-3H2,1H3,(H,7,9). The van der Waals surface area contributed by atoms with Crippen molar-refractivity contribution < 1.29 is 9.90 Å². The molecule has 0 aromatic carbocycles. The smallest absolute Gasteiger partial charge is 0.222 e. The van der Waals surface area contributed by atoms with Gasteiger partial charge in [0.05, 0.1) is 6.10 Å². The van der Waals surface area contributed by atoms with Crippen molar-refractivity contribution in [1.82, 2.24) is 5.32 Å². The molecule has 1 saturated heterocycles. The van der Waals surface area contributed by atoms with E-state index in [-0.39, 0.29) is 18.1 Å². The molecule has 1 aliphatic rings.